The Bertz CT molecular complexity index is 1030. The maximum atomic E-state index is 12.7. The van der Waals surface area contributed by atoms with Crippen LogP contribution < -0.4 is 15.4 Å². The first-order valence-corrected chi connectivity index (χ1v) is 11.3. The first kappa shape index (κ1) is 23.5. The lowest BCUT2D eigenvalue weighted by molar-refractivity contribution is -0.120. The summed E-state index contributed by atoms with van der Waals surface area (Å²) in [5, 5.41) is 6.12. The van der Waals surface area contributed by atoms with Gasteiger partial charge in [-0.05, 0) is 60.3 Å². The van der Waals surface area contributed by atoms with Crippen molar-refractivity contribution < 1.29 is 9.53 Å². The largest absolute Gasteiger partial charge is 0.489 e. The molecule has 0 spiro atoms. The number of carbonyl (C=O) groups excluding carboxylic acids is 1. The minimum absolute atomic E-state index is 0.143. The fourth-order valence-corrected chi connectivity index (χ4v) is 3.57. The van der Waals surface area contributed by atoms with Gasteiger partial charge in [-0.25, -0.2) is 0 Å². The van der Waals surface area contributed by atoms with Crippen LogP contribution in [0.3, 0.4) is 0 Å². The second-order valence-corrected chi connectivity index (χ2v) is 8.71. The number of anilines is 1. The van der Waals surface area contributed by atoms with Gasteiger partial charge < -0.3 is 15.4 Å². The van der Waals surface area contributed by atoms with Crippen molar-refractivity contribution in [3.8, 4) is 5.75 Å². The number of ether oxygens (including phenoxy) is 1. The molecule has 3 rings (SSSR count). The summed E-state index contributed by atoms with van der Waals surface area (Å²) in [5.41, 5.74) is 4.10. The molecule has 3 aromatic rings. The highest BCUT2D eigenvalue weighted by Gasteiger charge is 2.16. The lowest BCUT2D eigenvalue weighted by atomic mass is 9.96. The Kier molecular flexibility index (Phi) is 8.40. The SMILES string of the molecule is CC(C)Cc1ccc(C(C)C(=O)NC(=S)Nc2cccc(OCc3ccccc3)c2)cc1. The van der Waals surface area contributed by atoms with Gasteiger partial charge in [0.2, 0.25) is 5.91 Å². The van der Waals surface area contributed by atoms with Crippen molar-refractivity contribution in [1.29, 1.82) is 0 Å². The molecule has 32 heavy (non-hydrogen) atoms. The zero-order chi connectivity index (χ0) is 22.9. The van der Waals surface area contributed by atoms with Crippen LogP contribution in [0.4, 0.5) is 5.69 Å². The molecule has 0 aromatic heterocycles. The van der Waals surface area contributed by atoms with Crippen LogP contribution >= 0.6 is 12.2 Å². The Labute approximate surface area is 196 Å². The van der Waals surface area contributed by atoms with Gasteiger partial charge in [0.15, 0.2) is 5.11 Å². The van der Waals surface area contributed by atoms with E-state index in [2.05, 4.69) is 36.6 Å². The Balaban J connectivity index is 1.52. The summed E-state index contributed by atoms with van der Waals surface area (Å²) in [5.74, 6) is 0.883. The molecule has 0 aliphatic heterocycles. The number of hydrogen-bond acceptors (Lipinski definition) is 3. The number of hydrogen-bond donors (Lipinski definition) is 2. The third-order valence-electron chi connectivity index (χ3n) is 5.09. The highest BCUT2D eigenvalue weighted by Crippen LogP contribution is 2.20. The quantitative estimate of drug-likeness (QED) is 0.412. The first-order chi connectivity index (χ1) is 15.4. The van der Waals surface area contributed by atoms with Crippen LogP contribution in [-0.2, 0) is 17.8 Å². The van der Waals surface area contributed by atoms with E-state index in [0.29, 0.717) is 12.5 Å². The molecule has 5 heteroatoms. The normalized spacial score (nSPS) is 11.6. The summed E-state index contributed by atoms with van der Waals surface area (Å²) in [6, 6.07) is 25.7. The fraction of sp³-hybridized carbons (Fsp3) is 0.259. The number of carbonyl (C=O) groups is 1. The van der Waals surface area contributed by atoms with Crippen LogP contribution in [0.2, 0.25) is 0 Å². The molecule has 1 amide bonds. The molecule has 0 radical (unpaired) electrons. The van der Waals surface area contributed by atoms with Crippen molar-refractivity contribution in [2.45, 2.75) is 39.7 Å². The smallest absolute Gasteiger partial charge is 0.233 e. The molecule has 2 N–H and O–H groups in total. The predicted octanol–water partition coefficient (Wildman–Crippen LogP) is 6.08. The third kappa shape index (κ3) is 7.20. The average Bonchev–Trinajstić information content (AvgIpc) is 2.78. The molecule has 0 fully saturated rings. The van der Waals surface area contributed by atoms with E-state index >= 15 is 0 Å². The standard InChI is InChI=1S/C27H30N2O2S/c1-19(2)16-21-12-14-23(15-13-21)20(3)26(30)29-27(32)28-24-10-7-11-25(17-24)31-18-22-8-5-4-6-9-22/h4-15,17,19-20H,16,18H2,1-3H3,(H2,28,29,30,32). The van der Waals surface area contributed by atoms with Gasteiger partial charge in [-0.2, -0.15) is 0 Å². The number of benzene rings is 3. The Morgan fingerprint density at radius 2 is 1.62 bits per heavy atom. The van der Waals surface area contributed by atoms with Crippen molar-refractivity contribution in [2.75, 3.05) is 5.32 Å². The van der Waals surface area contributed by atoms with Crippen molar-refractivity contribution in [2.24, 2.45) is 5.92 Å². The van der Waals surface area contributed by atoms with Crippen molar-refractivity contribution >= 4 is 28.9 Å². The van der Waals surface area contributed by atoms with Crippen LogP contribution in [0.15, 0.2) is 78.9 Å². The summed E-state index contributed by atoms with van der Waals surface area (Å²) in [6.45, 7) is 6.76. The van der Waals surface area contributed by atoms with Crippen molar-refractivity contribution in [1.82, 2.24) is 5.32 Å². The fourth-order valence-electron chi connectivity index (χ4n) is 3.35. The van der Waals surface area contributed by atoms with E-state index in [0.717, 1.165) is 29.0 Å². The molecular formula is C27H30N2O2S. The molecule has 3 aromatic carbocycles. The molecule has 1 unspecified atom stereocenters. The van der Waals surface area contributed by atoms with Crippen molar-refractivity contribution in [3.63, 3.8) is 0 Å². The topological polar surface area (TPSA) is 50.4 Å². The monoisotopic (exact) mass is 446 g/mol. The van der Waals surface area contributed by atoms with E-state index in [1.54, 1.807) is 0 Å². The summed E-state index contributed by atoms with van der Waals surface area (Å²) >= 11 is 5.35. The zero-order valence-corrected chi connectivity index (χ0v) is 19.6. The van der Waals surface area contributed by atoms with E-state index in [9.17, 15) is 4.79 Å². The van der Waals surface area contributed by atoms with Crippen LogP contribution in [0.1, 0.15) is 43.4 Å². The number of thiocarbonyl (C=S) groups is 1. The molecule has 0 saturated carbocycles. The minimum atomic E-state index is -0.302. The van der Waals surface area contributed by atoms with E-state index in [1.165, 1.54) is 5.56 Å². The van der Waals surface area contributed by atoms with Gasteiger partial charge in [0.1, 0.15) is 12.4 Å². The van der Waals surface area contributed by atoms with Crippen LogP contribution in [0.25, 0.3) is 0 Å². The van der Waals surface area contributed by atoms with E-state index in [1.807, 2.05) is 73.7 Å². The Morgan fingerprint density at radius 3 is 2.31 bits per heavy atom. The highest BCUT2D eigenvalue weighted by atomic mass is 32.1. The molecule has 166 valence electrons. The third-order valence-corrected chi connectivity index (χ3v) is 5.30. The molecule has 1 atom stereocenters. The maximum absolute atomic E-state index is 12.7. The first-order valence-electron chi connectivity index (χ1n) is 10.9. The van der Waals surface area contributed by atoms with Gasteiger partial charge in [-0.3, -0.25) is 4.79 Å². The van der Waals surface area contributed by atoms with Crippen LogP contribution in [0, 0.1) is 5.92 Å². The molecule has 0 heterocycles. The van der Waals surface area contributed by atoms with Gasteiger partial charge in [-0.1, -0.05) is 74.5 Å². The van der Waals surface area contributed by atoms with E-state index in [4.69, 9.17) is 17.0 Å². The average molecular weight is 447 g/mol. The lowest BCUT2D eigenvalue weighted by Gasteiger charge is -2.15. The van der Waals surface area contributed by atoms with Gasteiger partial charge in [0.25, 0.3) is 0 Å². The second kappa shape index (κ2) is 11.4. The molecule has 0 aliphatic carbocycles. The highest BCUT2D eigenvalue weighted by molar-refractivity contribution is 7.80. The van der Waals surface area contributed by atoms with Gasteiger partial charge in [0.05, 0.1) is 5.92 Å². The molecule has 4 nitrogen and oxygen atoms in total. The maximum Gasteiger partial charge on any atom is 0.233 e. The Morgan fingerprint density at radius 1 is 0.906 bits per heavy atom. The summed E-state index contributed by atoms with van der Waals surface area (Å²) in [4.78, 5) is 12.7. The number of rotatable bonds is 8. The van der Waals surface area contributed by atoms with Gasteiger partial charge >= 0.3 is 0 Å². The van der Waals surface area contributed by atoms with E-state index in [-0.39, 0.29) is 16.9 Å². The number of amides is 1. The molecule has 0 saturated heterocycles. The number of nitrogens with one attached hydrogen (secondary N) is 2. The van der Waals surface area contributed by atoms with E-state index < -0.39 is 0 Å². The van der Waals surface area contributed by atoms with Gasteiger partial charge in [-0.15, -0.1) is 0 Å². The van der Waals surface area contributed by atoms with Crippen LogP contribution in [-0.4, -0.2) is 11.0 Å². The van der Waals surface area contributed by atoms with Crippen molar-refractivity contribution in [3.05, 3.63) is 95.6 Å². The molecule has 0 bridgehead atoms. The lowest BCUT2D eigenvalue weighted by Crippen LogP contribution is -2.36. The summed E-state index contributed by atoms with van der Waals surface area (Å²) in [7, 11) is 0. The predicted molar refractivity (Wildman–Crippen MR) is 135 cm³/mol. The second-order valence-electron chi connectivity index (χ2n) is 8.31. The van der Waals surface area contributed by atoms with Gasteiger partial charge in [0, 0.05) is 11.8 Å². The summed E-state index contributed by atoms with van der Waals surface area (Å²) in [6.07, 6.45) is 1.03. The molecular weight excluding hydrogens is 416 g/mol. The Hall–Kier alpha value is -3.18. The summed E-state index contributed by atoms with van der Waals surface area (Å²) < 4.78 is 5.85. The minimum Gasteiger partial charge on any atom is -0.489 e. The molecule has 0 aliphatic rings. The van der Waals surface area contributed by atoms with Crippen LogP contribution in [0.5, 0.6) is 5.75 Å². The zero-order valence-electron chi connectivity index (χ0n) is 18.8.